The Hall–Kier alpha value is -3.03. The summed E-state index contributed by atoms with van der Waals surface area (Å²) in [7, 11) is 0. The minimum atomic E-state index is -2.92. The number of fused-ring (bicyclic) bond motifs is 3. The van der Waals surface area contributed by atoms with Crippen molar-refractivity contribution in [2.45, 2.75) is 65.2 Å². The maximum atomic E-state index is 5.66. The number of allylic oxidation sites excluding steroid dienone is 4. The summed E-state index contributed by atoms with van der Waals surface area (Å²) in [5.74, 6) is 0. The van der Waals surface area contributed by atoms with Crippen molar-refractivity contribution >= 4 is 12.1 Å². The third-order valence-electron chi connectivity index (χ3n) is 9.46. The molecule has 0 spiro atoms. The van der Waals surface area contributed by atoms with E-state index in [1.54, 1.807) is 15.3 Å². The fourth-order valence-corrected chi connectivity index (χ4v) is 15.4. The monoisotopic (exact) mass is 734 g/mol. The summed E-state index contributed by atoms with van der Waals surface area (Å²) in [5, 5.41) is 0. The van der Waals surface area contributed by atoms with E-state index < -0.39 is 21.3 Å². The van der Waals surface area contributed by atoms with Crippen LogP contribution in [0.4, 0.5) is 0 Å². The van der Waals surface area contributed by atoms with Crippen molar-refractivity contribution in [3.8, 4) is 11.1 Å². The van der Waals surface area contributed by atoms with Gasteiger partial charge in [0.1, 0.15) is 0 Å². The molecule has 1 nitrogen and oxygen atoms in total. The Morgan fingerprint density at radius 2 is 1.30 bits per heavy atom. The average Bonchev–Trinajstić information content (AvgIpc) is 3.79. The Bertz CT molecular complexity index is 1940. The van der Waals surface area contributed by atoms with Crippen LogP contribution in [0.3, 0.4) is 0 Å². The molecule has 7 rings (SSSR count). The molecule has 2 aliphatic rings. The predicted octanol–water partition coefficient (Wildman–Crippen LogP) is 4.34. The third-order valence-corrected chi connectivity index (χ3v) is 17.2. The minimum Gasteiger partial charge on any atom is -1.00 e. The van der Waals surface area contributed by atoms with Crippen LogP contribution in [0.15, 0.2) is 129 Å². The topological polar surface area (TPSA) is 13.1 Å². The summed E-state index contributed by atoms with van der Waals surface area (Å²) < 4.78 is 10.5. The quantitative estimate of drug-likeness (QED) is 0.257. The van der Waals surface area contributed by atoms with Crippen LogP contribution < -0.4 is 28.1 Å². The number of hydrogen-bond donors (Lipinski definition) is 0. The van der Waals surface area contributed by atoms with Gasteiger partial charge in [0.2, 0.25) is 0 Å². The molecule has 0 bridgehead atoms. The number of halogens is 2. The summed E-state index contributed by atoms with van der Waals surface area (Å²) in [6.07, 6.45) is 10.5. The second-order valence-electron chi connectivity index (χ2n) is 14.6. The van der Waals surface area contributed by atoms with Crippen molar-refractivity contribution in [3.05, 3.63) is 164 Å². The van der Waals surface area contributed by atoms with Crippen LogP contribution in [0.5, 0.6) is 0 Å². The van der Waals surface area contributed by atoms with Crippen molar-refractivity contribution in [3.63, 3.8) is 0 Å². The molecule has 0 unspecified atom stereocenters. The molecule has 0 fully saturated rings. The molecule has 2 aliphatic carbocycles. The van der Waals surface area contributed by atoms with Gasteiger partial charge in [0.15, 0.2) is 0 Å². The van der Waals surface area contributed by atoms with Crippen LogP contribution in [-0.2, 0) is 38.5 Å². The zero-order valence-corrected chi connectivity index (χ0v) is 32.1. The molecule has 238 valence electrons. The van der Waals surface area contributed by atoms with Crippen molar-refractivity contribution in [2.24, 2.45) is 0 Å². The van der Waals surface area contributed by atoms with Crippen molar-refractivity contribution < 1.29 is 50.5 Å². The zero-order chi connectivity index (χ0) is 31.3. The molecule has 5 aromatic rings. The maximum Gasteiger partial charge on any atom is -1.00 e. The summed E-state index contributed by atoms with van der Waals surface area (Å²) in [6, 6.07) is 37.0. The standard InChI is InChI=1S/C21H25.C13H10.C9H7O.2ClH.Zr/c1-20(2,3)16-9-7-14-11-15-8-10-17(21(4,5)6)13-19(15)18(14)12-16;1-3-7-12(8-4-1)11-13-9-5-2-6-10-13;1-2-4-8(3-1)9-5-6-10-7-9;;;/h7,9-10,12-13H,11H2,1-6H3;1-10H;1,3,5-7H,2H2;2*1H;/q;;;;;+2/p-2. The Morgan fingerprint density at radius 3 is 1.87 bits per heavy atom. The van der Waals surface area contributed by atoms with Gasteiger partial charge in [-0.05, 0) is 0 Å². The smallest absolute Gasteiger partial charge is 1.00 e. The SMILES string of the molecule is CC(C)(C)c1ccc2c(c1)-c1cc(C(C)(C)C)c[c]([Zr+2]([C]3=C(c4ccoc4)C=CC3)=[C](c3ccccc3)c3ccccc3)c1C2.[Cl-].[Cl-]. The fraction of sp³-hybridized carbons (Fsp3) is 0.233. The number of furan rings is 1. The average molecular weight is 737 g/mol. The van der Waals surface area contributed by atoms with Crippen LogP contribution in [0.2, 0.25) is 0 Å². The largest absolute Gasteiger partial charge is 1.00 e. The second kappa shape index (κ2) is 13.8. The molecular formula is C43H42Cl2OZr. The third kappa shape index (κ3) is 6.80. The molecule has 1 aromatic heterocycles. The van der Waals surface area contributed by atoms with Gasteiger partial charge >= 0.3 is 278 Å². The molecular weight excluding hydrogens is 695 g/mol. The van der Waals surface area contributed by atoms with Crippen LogP contribution in [-0.4, -0.2) is 3.21 Å². The van der Waals surface area contributed by atoms with Gasteiger partial charge in [0.25, 0.3) is 0 Å². The number of rotatable bonds is 5. The van der Waals surface area contributed by atoms with Gasteiger partial charge in [-0.25, -0.2) is 0 Å². The second-order valence-corrected chi connectivity index (χ2v) is 20.5. The summed E-state index contributed by atoms with van der Waals surface area (Å²) in [6.45, 7) is 14.1. The molecule has 1 heterocycles. The summed E-state index contributed by atoms with van der Waals surface area (Å²) in [5.41, 5.74) is 14.1. The van der Waals surface area contributed by atoms with Gasteiger partial charge in [-0.2, -0.15) is 0 Å². The van der Waals surface area contributed by atoms with Gasteiger partial charge in [0.05, 0.1) is 0 Å². The van der Waals surface area contributed by atoms with Crippen molar-refractivity contribution in [2.75, 3.05) is 0 Å². The first-order chi connectivity index (χ1) is 21.6. The first-order valence-electron chi connectivity index (χ1n) is 16.2. The molecule has 47 heavy (non-hydrogen) atoms. The van der Waals surface area contributed by atoms with Gasteiger partial charge in [-0.1, -0.05) is 0 Å². The number of benzene rings is 4. The van der Waals surface area contributed by atoms with Crippen LogP contribution in [0.25, 0.3) is 16.7 Å². The Kier molecular flexibility index (Phi) is 10.4. The van der Waals surface area contributed by atoms with E-state index in [2.05, 4.69) is 151 Å². The molecule has 0 saturated heterocycles. The van der Waals surface area contributed by atoms with Gasteiger partial charge in [0, 0.05) is 0 Å². The molecule has 0 amide bonds. The van der Waals surface area contributed by atoms with E-state index in [0.717, 1.165) is 12.8 Å². The molecule has 4 heteroatoms. The molecule has 0 aliphatic heterocycles. The summed E-state index contributed by atoms with van der Waals surface area (Å²) in [4.78, 5) is 0. The van der Waals surface area contributed by atoms with Crippen molar-refractivity contribution in [1.82, 2.24) is 0 Å². The van der Waals surface area contributed by atoms with E-state index in [1.165, 1.54) is 50.1 Å². The Balaban J connectivity index is 0.00000217. The molecule has 0 atom stereocenters. The van der Waals surface area contributed by atoms with Gasteiger partial charge < -0.3 is 24.8 Å². The van der Waals surface area contributed by atoms with Crippen LogP contribution >= 0.6 is 0 Å². The van der Waals surface area contributed by atoms with E-state index in [1.807, 2.05) is 12.5 Å². The Labute approximate surface area is 300 Å². The Morgan fingerprint density at radius 1 is 0.681 bits per heavy atom. The van der Waals surface area contributed by atoms with Crippen molar-refractivity contribution in [1.29, 1.82) is 0 Å². The molecule has 4 aromatic carbocycles. The van der Waals surface area contributed by atoms with E-state index in [4.69, 9.17) is 4.42 Å². The predicted molar refractivity (Wildman–Crippen MR) is 187 cm³/mol. The minimum absolute atomic E-state index is 0. The zero-order valence-electron chi connectivity index (χ0n) is 28.1. The molecule has 0 saturated carbocycles. The normalized spacial score (nSPS) is 13.3. The van der Waals surface area contributed by atoms with E-state index in [-0.39, 0.29) is 35.6 Å². The maximum absolute atomic E-state index is 5.66. The van der Waals surface area contributed by atoms with Crippen LogP contribution in [0, 0.1) is 0 Å². The summed E-state index contributed by atoms with van der Waals surface area (Å²) >= 11 is -2.92. The van der Waals surface area contributed by atoms with Gasteiger partial charge in [-0.15, -0.1) is 0 Å². The first kappa shape index (κ1) is 35.3. The molecule has 0 radical (unpaired) electrons. The van der Waals surface area contributed by atoms with E-state index in [0.29, 0.717) is 0 Å². The van der Waals surface area contributed by atoms with E-state index in [9.17, 15) is 0 Å². The molecule has 0 N–H and O–H groups in total. The first-order valence-corrected chi connectivity index (χ1v) is 19.9. The van der Waals surface area contributed by atoms with Gasteiger partial charge in [-0.3, -0.25) is 0 Å². The van der Waals surface area contributed by atoms with E-state index >= 15 is 0 Å². The van der Waals surface area contributed by atoms with Crippen LogP contribution in [0.1, 0.15) is 86.9 Å². The number of hydrogen-bond acceptors (Lipinski definition) is 1. The fourth-order valence-electron chi connectivity index (χ4n) is 6.94.